The monoisotopic (exact) mass is 420 g/mol. The van der Waals surface area contributed by atoms with Gasteiger partial charge in [-0.05, 0) is 44.7 Å². The molecule has 0 spiro atoms. The Kier molecular flexibility index (Phi) is 5.58. The molecule has 1 aliphatic rings. The summed E-state index contributed by atoms with van der Waals surface area (Å²) in [4.78, 5) is 31.3. The maximum atomic E-state index is 11.4. The van der Waals surface area contributed by atoms with Gasteiger partial charge in [0.05, 0.1) is 11.6 Å². The second-order valence-electron chi connectivity index (χ2n) is 8.25. The minimum Gasteiger partial charge on any atom is -0.370 e. The van der Waals surface area contributed by atoms with Gasteiger partial charge in [-0.1, -0.05) is 18.2 Å². The first-order valence-electron chi connectivity index (χ1n) is 10.5. The summed E-state index contributed by atoms with van der Waals surface area (Å²) in [5, 5.41) is 4.42. The Morgan fingerprint density at radius 1 is 1.26 bits per heavy atom. The van der Waals surface area contributed by atoms with E-state index in [4.69, 9.17) is 16.5 Å². The van der Waals surface area contributed by atoms with Gasteiger partial charge in [-0.2, -0.15) is 15.0 Å². The number of hydrogen-bond acceptors (Lipinski definition) is 8. The van der Waals surface area contributed by atoms with Crippen molar-refractivity contribution in [2.75, 3.05) is 29.0 Å². The molecule has 3 heterocycles. The molecule has 4 rings (SSSR count). The van der Waals surface area contributed by atoms with E-state index in [1.807, 2.05) is 6.07 Å². The average molecular weight is 421 g/mol. The number of carbonyl (C=O) groups excluding carboxylic acids is 1. The third-order valence-corrected chi connectivity index (χ3v) is 5.71. The lowest BCUT2D eigenvalue weighted by atomic mass is 10.0. The molecule has 2 aromatic heterocycles. The van der Waals surface area contributed by atoms with Crippen molar-refractivity contribution in [3.63, 3.8) is 0 Å². The Labute approximate surface area is 181 Å². The molecule has 1 saturated heterocycles. The van der Waals surface area contributed by atoms with Crippen molar-refractivity contribution in [1.29, 1.82) is 0 Å². The lowest BCUT2D eigenvalue weighted by molar-refractivity contribution is -0.118. The average Bonchev–Trinajstić information content (AvgIpc) is 3.14. The van der Waals surface area contributed by atoms with Gasteiger partial charge in [0.2, 0.25) is 17.8 Å². The minimum absolute atomic E-state index is 0.121. The number of aromatic nitrogens is 4. The highest BCUT2D eigenvalue weighted by Crippen LogP contribution is 2.34. The number of hydrogen-bond donors (Lipinski definition) is 3. The van der Waals surface area contributed by atoms with E-state index >= 15 is 0 Å². The standard InChI is InChI=1S/C22H28N8O/c1-12-5-4-6-16-10-17(13(2)25-22-27-14(3)26-21(24)29-22)20(28-19(12)16)30-8-7-15(11-30)9-18(23)31/h4-6,10,13,15H,7-9,11H2,1-3H3,(H2,23,31)(H3,24,25,26,27,29)/t13-,15-/m0/s1. The number of para-hydroxylation sites is 1. The fourth-order valence-corrected chi connectivity index (χ4v) is 4.24. The summed E-state index contributed by atoms with van der Waals surface area (Å²) in [6, 6.07) is 8.22. The number of anilines is 3. The van der Waals surface area contributed by atoms with Crippen LogP contribution in [0.4, 0.5) is 17.7 Å². The van der Waals surface area contributed by atoms with Gasteiger partial charge in [0.15, 0.2) is 0 Å². The van der Waals surface area contributed by atoms with Crippen molar-refractivity contribution in [3.8, 4) is 0 Å². The van der Waals surface area contributed by atoms with Crippen molar-refractivity contribution in [2.45, 2.75) is 39.7 Å². The van der Waals surface area contributed by atoms with E-state index in [0.717, 1.165) is 47.4 Å². The van der Waals surface area contributed by atoms with Crippen LogP contribution in [0.2, 0.25) is 0 Å². The fourth-order valence-electron chi connectivity index (χ4n) is 4.24. The molecule has 5 N–H and O–H groups in total. The first kappa shape index (κ1) is 20.8. The summed E-state index contributed by atoms with van der Waals surface area (Å²) in [6.45, 7) is 7.48. The molecule has 0 saturated carbocycles. The van der Waals surface area contributed by atoms with E-state index in [-0.39, 0.29) is 23.8 Å². The lowest BCUT2D eigenvalue weighted by Gasteiger charge is -2.25. The van der Waals surface area contributed by atoms with Crippen molar-refractivity contribution in [1.82, 2.24) is 19.9 Å². The highest BCUT2D eigenvalue weighted by molar-refractivity contribution is 5.85. The number of fused-ring (bicyclic) bond motifs is 1. The number of nitrogens with zero attached hydrogens (tertiary/aromatic N) is 5. The van der Waals surface area contributed by atoms with Gasteiger partial charge in [0, 0.05) is 30.5 Å². The maximum absolute atomic E-state index is 11.4. The Balaban J connectivity index is 1.72. The Hall–Kier alpha value is -3.49. The molecule has 9 nitrogen and oxygen atoms in total. The second kappa shape index (κ2) is 8.33. The Morgan fingerprint density at radius 3 is 2.81 bits per heavy atom. The molecule has 1 aromatic carbocycles. The number of aryl methyl sites for hydroxylation is 2. The normalized spacial score (nSPS) is 17.1. The molecule has 9 heteroatoms. The molecule has 1 aliphatic heterocycles. The van der Waals surface area contributed by atoms with Crippen molar-refractivity contribution < 1.29 is 4.79 Å². The SMILES string of the molecule is Cc1nc(N)nc(N[C@@H](C)c2cc3cccc(C)c3nc2N2CC[C@@H](CC(N)=O)C2)n1. The molecule has 1 amide bonds. The summed E-state index contributed by atoms with van der Waals surface area (Å²) in [6.07, 6.45) is 1.32. The van der Waals surface area contributed by atoms with Crippen LogP contribution in [0.25, 0.3) is 10.9 Å². The summed E-state index contributed by atoms with van der Waals surface area (Å²) in [5.41, 5.74) is 14.4. The van der Waals surface area contributed by atoms with E-state index in [2.05, 4.69) is 57.2 Å². The molecule has 2 atom stereocenters. The number of nitrogens with one attached hydrogen (secondary N) is 1. The van der Waals surface area contributed by atoms with Crippen LogP contribution in [-0.2, 0) is 4.79 Å². The van der Waals surface area contributed by atoms with Gasteiger partial charge >= 0.3 is 0 Å². The number of nitrogen functional groups attached to an aromatic ring is 1. The van der Waals surface area contributed by atoms with E-state index in [0.29, 0.717) is 18.2 Å². The fraction of sp³-hybridized carbons (Fsp3) is 0.409. The Morgan fingerprint density at radius 2 is 2.06 bits per heavy atom. The topological polar surface area (TPSA) is 136 Å². The van der Waals surface area contributed by atoms with Crippen LogP contribution >= 0.6 is 0 Å². The van der Waals surface area contributed by atoms with Crippen LogP contribution in [0.3, 0.4) is 0 Å². The summed E-state index contributed by atoms with van der Waals surface area (Å²) < 4.78 is 0. The first-order chi connectivity index (χ1) is 14.8. The number of rotatable bonds is 6. The Bertz CT molecular complexity index is 1110. The van der Waals surface area contributed by atoms with E-state index in [1.54, 1.807) is 6.92 Å². The number of carbonyl (C=O) groups is 1. The zero-order chi connectivity index (χ0) is 22.1. The van der Waals surface area contributed by atoms with Crippen LogP contribution in [0, 0.1) is 19.8 Å². The molecule has 0 aliphatic carbocycles. The van der Waals surface area contributed by atoms with Crippen molar-refractivity contribution >= 4 is 34.5 Å². The third-order valence-electron chi connectivity index (χ3n) is 5.71. The van der Waals surface area contributed by atoms with Gasteiger partial charge in [0.1, 0.15) is 11.6 Å². The molecule has 0 radical (unpaired) electrons. The van der Waals surface area contributed by atoms with Gasteiger partial charge in [0.25, 0.3) is 0 Å². The zero-order valence-corrected chi connectivity index (χ0v) is 18.1. The second-order valence-corrected chi connectivity index (χ2v) is 8.25. The predicted molar refractivity (Wildman–Crippen MR) is 122 cm³/mol. The molecular formula is C22H28N8O. The molecular weight excluding hydrogens is 392 g/mol. The van der Waals surface area contributed by atoms with Crippen molar-refractivity contribution in [2.24, 2.45) is 11.7 Å². The van der Waals surface area contributed by atoms with E-state index < -0.39 is 0 Å². The van der Waals surface area contributed by atoms with E-state index in [1.165, 1.54) is 0 Å². The summed E-state index contributed by atoms with van der Waals surface area (Å²) in [7, 11) is 0. The third kappa shape index (κ3) is 4.50. The molecule has 0 unspecified atom stereocenters. The maximum Gasteiger partial charge on any atom is 0.228 e. The number of nitrogens with two attached hydrogens (primary N) is 2. The van der Waals surface area contributed by atoms with Crippen molar-refractivity contribution in [3.05, 3.63) is 41.2 Å². The zero-order valence-electron chi connectivity index (χ0n) is 18.1. The molecule has 3 aromatic rings. The predicted octanol–water partition coefficient (Wildman–Crippen LogP) is 2.49. The van der Waals surface area contributed by atoms with Crippen LogP contribution in [0.1, 0.15) is 42.8 Å². The van der Waals surface area contributed by atoms with Crippen LogP contribution in [0.5, 0.6) is 0 Å². The van der Waals surface area contributed by atoms with Gasteiger partial charge < -0.3 is 21.7 Å². The molecule has 162 valence electrons. The lowest BCUT2D eigenvalue weighted by Crippen LogP contribution is -2.25. The van der Waals surface area contributed by atoms with Gasteiger partial charge in [-0.3, -0.25) is 4.79 Å². The van der Waals surface area contributed by atoms with E-state index in [9.17, 15) is 4.79 Å². The van der Waals surface area contributed by atoms with Crippen LogP contribution < -0.4 is 21.7 Å². The number of primary amides is 1. The highest BCUT2D eigenvalue weighted by atomic mass is 16.1. The summed E-state index contributed by atoms with van der Waals surface area (Å²) >= 11 is 0. The molecule has 31 heavy (non-hydrogen) atoms. The van der Waals surface area contributed by atoms with Crippen LogP contribution in [0.15, 0.2) is 24.3 Å². The quantitative estimate of drug-likeness (QED) is 0.553. The molecule has 0 bridgehead atoms. The first-order valence-corrected chi connectivity index (χ1v) is 10.5. The largest absolute Gasteiger partial charge is 0.370 e. The molecule has 1 fully saturated rings. The van der Waals surface area contributed by atoms with Gasteiger partial charge in [-0.25, -0.2) is 4.98 Å². The number of amides is 1. The highest BCUT2D eigenvalue weighted by Gasteiger charge is 2.28. The minimum atomic E-state index is -0.257. The van der Waals surface area contributed by atoms with Gasteiger partial charge in [-0.15, -0.1) is 0 Å². The number of pyridine rings is 1. The smallest absolute Gasteiger partial charge is 0.228 e. The summed E-state index contributed by atoms with van der Waals surface area (Å²) in [5.74, 6) is 2.07. The van der Waals surface area contributed by atoms with Crippen LogP contribution in [-0.4, -0.2) is 38.9 Å². The number of benzene rings is 1.